The number of sulfonamides is 1. The molecule has 1 aromatic rings. The van der Waals surface area contributed by atoms with Gasteiger partial charge >= 0.3 is 0 Å². The zero-order valence-corrected chi connectivity index (χ0v) is 23.8. The average molecular weight is 575 g/mol. The Labute approximate surface area is 234 Å². The second kappa shape index (κ2) is 10.5. The van der Waals surface area contributed by atoms with Gasteiger partial charge in [-0.2, -0.15) is 0 Å². The third-order valence-corrected chi connectivity index (χ3v) is 11.2. The molecule has 1 amide bonds. The van der Waals surface area contributed by atoms with Crippen LogP contribution in [0.5, 0.6) is 0 Å². The Hall–Kier alpha value is -2.86. The lowest BCUT2D eigenvalue weighted by atomic mass is 9.46. The van der Waals surface area contributed by atoms with Crippen LogP contribution in [0, 0.1) is 28.6 Å². The molecule has 11 heteroatoms. The molecule has 0 saturated heterocycles. The van der Waals surface area contributed by atoms with Gasteiger partial charge in [-0.1, -0.05) is 25.5 Å². The Balaban J connectivity index is 0.000000224. The Morgan fingerprint density at radius 3 is 2.40 bits per heavy atom. The van der Waals surface area contributed by atoms with E-state index in [4.69, 9.17) is 5.73 Å². The van der Waals surface area contributed by atoms with Crippen LogP contribution in [0.1, 0.15) is 52.9 Å². The summed E-state index contributed by atoms with van der Waals surface area (Å²) in [4.78, 5) is 34.8. The molecule has 0 unspecified atom stereocenters. The van der Waals surface area contributed by atoms with E-state index in [-0.39, 0.29) is 33.8 Å². The van der Waals surface area contributed by atoms with Crippen LogP contribution < -0.4 is 10.5 Å². The van der Waals surface area contributed by atoms with Crippen LogP contribution in [0.2, 0.25) is 0 Å². The van der Waals surface area contributed by atoms with Crippen LogP contribution in [-0.2, 0) is 24.4 Å². The Kier molecular flexibility index (Phi) is 7.92. The standard InChI is InChI=1S/C21H28O5.C8H10N2O3S/c1-19-7-5-13(23)9-12(19)3-4-14-15-6-8-21(26,17(25)11-22)20(15,2)10-16(24)18(14)19;1-6(11)10-14(12,13)8-4-2-7(9)3-5-8/h5,7,9,14-16,18,22,24,26H,3-4,6,8,10-11H2,1-2H3;2-5H,9H2,1H3,(H,10,11)/t14-,15-,16-,18+,19+,20-,21-;/m0./s1. The maximum absolute atomic E-state index is 12.4. The molecule has 0 spiro atoms. The first-order valence-corrected chi connectivity index (χ1v) is 14.9. The zero-order valence-electron chi connectivity index (χ0n) is 23.0. The first-order valence-electron chi connectivity index (χ1n) is 13.5. The number of amides is 1. The minimum atomic E-state index is -3.73. The molecule has 1 aromatic carbocycles. The van der Waals surface area contributed by atoms with Gasteiger partial charge in [0.05, 0.1) is 11.0 Å². The van der Waals surface area contributed by atoms with Crippen molar-refractivity contribution in [1.82, 2.24) is 4.72 Å². The van der Waals surface area contributed by atoms with Crippen LogP contribution in [0.4, 0.5) is 5.69 Å². The molecule has 4 aliphatic rings. The number of carbonyl (C=O) groups is 3. The summed E-state index contributed by atoms with van der Waals surface area (Å²) in [6, 6.07) is 5.57. The van der Waals surface area contributed by atoms with E-state index in [2.05, 4.69) is 6.92 Å². The van der Waals surface area contributed by atoms with E-state index < -0.39 is 45.4 Å². The molecule has 0 heterocycles. The Morgan fingerprint density at radius 2 is 1.80 bits per heavy atom. The third kappa shape index (κ3) is 4.93. The van der Waals surface area contributed by atoms with E-state index in [0.717, 1.165) is 31.8 Å². The second-order valence-corrected chi connectivity index (χ2v) is 13.6. The van der Waals surface area contributed by atoms with Gasteiger partial charge in [-0.25, -0.2) is 13.1 Å². The molecule has 0 aromatic heterocycles. The Bertz CT molecular complexity index is 1370. The molecule has 3 saturated carbocycles. The number of allylic oxidation sites excluding steroid dienone is 4. The van der Waals surface area contributed by atoms with Crippen molar-refractivity contribution < 1.29 is 38.1 Å². The quantitative estimate of drug-likeness (QED) is 0.334. The van der Waals surface area contributed by atoms with Crippen LogP contribution in [0.15, 0.2) is 53.0 Å². The maximum atomic E-state index is 12.4. The molecule has 0 aliphatic heterocycles. The number of nitrogens with two attached hydrogens (primary N) is 1. The monoisotopic (exact) mass is 574 g/mol. The molecular weight excluding hydrogens is 536 g/mol. The normalized spacial score (nSPS) is 36.2. The van der Waals surface area contributed by atoms with E-state index in [9.17, 15) is 38.1 Å². The largest absolute Gasteiger partial charge is 0.399 e. The summed E-state index contributed by atoms with van der Waals surface area (Å²) in [5.74, 6) is -0.850. The van der Waals surface area contributed by atoms with Gasteiger partial charge in [-0.05, 0) is 80.4 Å². The van der Waals surface area contributed by atoms with Crippen LogP contribution in [0.3, 0.4) is 0 Å². The molecule has 6 N–H and O–H groups in total. The SMILES string of the molecule is CC(=O)NS(=O)(=O)c1ccc(N)cc1.C[C@]12C[C@H](O)[C@H]3[C@@H](CCC4=CC(=O)C=C[C@]43C)[C@@H]1CC[C@]2(O)C(=O)CO. The molecule has 10 nitrogen and oxygen atoms in total. The number of nitrogens with one attached hydrogen (secondary N) is 1. The highest BCUT2D eigenvalue weighted by Crippen LogP contribution is 2.67. The van der Waals surface area contributed by atoms with E-state index in [1.807, 2.05) is 17.7 Å². The number of aliphatic hydroxyl groups is 3. The average Bonchev–Trinajstić information content (AvgIpc) is 3.14. The van der Waals surface area contributed by atoms with Gasteiger partial charge in [-0.3, -0.25) is 14.4 Å². The van der Waals surface area contributed by atoms with Gasteiger partial charge in [0.2, 0.25) is 5.91 Å². The number of aliphatic hydroxyl groups excluding tert-OH is 2. The van der Waals surface area contributed by atoms with Crippen molar-refractivity contribution in [3.63, 3.8) is 0 Å². The van der Waals surface area contributed by atoms with Crippen molar-refractivity contribution in [2.45, 2.75) is 69.5 Å². The highest BCUT2D eigenvalue weighted by molar-refractivity contribution is 7.90. The third-order valence-electron chi connectivity index (χ3n) is 9.72. The summed E-state index contributed by atoms with van der Waals surface area (Å²) in [5, 5.41) is 31.7. The lowest BCUT2D eigenvalue weighted by Gasteiger charge is -2.59. The van der Waals surface area contributed by atoms with Gasteiger partial charge in [0, 0.05) is 29.4 Å². The summed E-state index contributed by atoms with van der Waals surface area (Å²) < 4.78 is 24.6. The minimum Gasteiger partial charge on any atom is -0.399 e. The predicted octanol–water partition coefficient (Wildman–Crippen LogP) is 1.65. The lowest BCUT2D eigenvalue weighted by Crippen LogP contribution is -2.61. The van der Waals surface area contributed by atoms with Crippen molar-refractivity contribution in [1.29, 1.82) is 0 Å². The Morgan fingerprint density at radius 1 is 1.15 bits per heavy atom. The van der Waals surface area contributed by atoms with Gasteiger partial charge < -0.3 is 21.1 Å². The summed E-state index contributed by atoms with van der Waals surface area (Å²) in [6.45, 7) is 4.48. The van der Waals surface area contributed by atoms with E-state index in [0.29, 0.717) is 18.5 Å². The van der Waals surface area contributed by atoms with Crippen molar-refractivity contribution in [3.8, 4) is 0 Å². The van der Waals surface area contributed by atoms with E-state index in [1.165, 1.54) is 24.3 Å². The highest BCUT2D eigenvalue weighted by atomic mass is 32.2. The molecule has 4 aliphatic carbocycles. The number of hydrogen-bond donors (Lipinski definition) is 5. The number of fused-ring (bicyclic) bond motifs is 5. The van der Waals surface area contributed by atoms with Crippen molar-refractivity contribution >= 4 is 33.2 Å². The molecular formula is C29H38N2O8S. The van der Waals surface area contributed by atoms with Gasteiger partial charge in [0.1, 0.15) is 12.2 Å². The van der Waals surface area contributed by atoms with Crippen molar-refractivity contribution in [3.05, 3.63) is 48.1 Å². The van der Waals surface area contributed by atoms with Crippen LogP contribution in [-0.4, -0.2) is 59.5 Å². The van der Waals surface area contributed by atoms with Gasteiger partial charge in [0.15, 0.2) is 11.6 Å². The first-order chi connectivity index (χ1) is 18.6. The number of rotatable bonds is 4. The summed E-state index contributed by atoms with van der Waals surface area (Å²) in [5.41, 5.74) is 4.31. The summed E-state index contributed by atoms with van der Waals surface area (Å²) in [7, 11) is -3.73. The molecule has 0 radical (unpaired) electrons. The zero-order chi connectivity index (χ0) is 29.7. The minimum absolute atomic E-state index is 0.00912. The lowest BCUT2D eigenvalue weighted by molar-refractivity contribution is -0.178. The fourth-order valence-corrected chi connectivity index (χ4v) is 8.81. The highest BCUT2D eigenvalue weighted by Gasteiger charge is 2.67. The number of Topliss-reactive ketones (excluding diaryl/α,β-unsaturated/α-hetero) is 1. The van der Waals surface area contributed by atoms with E-state index in [1.54, 1.807) is 12.2 Å². The number of carbonyl (C=O) groups excluding carboxylic acids is 3. The van der Waals surface area contributed by atoms with Crippen LogP contribution in [0.25, 0.3) is 0 Å². The molecule has 40 heavy (non-hydrogen) atoms. The second-order valence-electron chi connectivity index (χ2n) is 11.9. The fourth-order valence-electron chi connectivity index (χ4n) is 7.81. The van der Waals surface area contributed by atoms with Crippen molar-refractivity contribution in [2.24, 2.45) is 28.6 Å². The maximum Gasteiger partial charge on any atom is 0.264 e. The molecule has 3 fully saturated rings. The van der Waals surface area contributed by atoms with E-state index >= 15 is 0 Å². The smallest absolute Gasteiger partial charge is 0.264 e. The van der Waals surface area contributed by atoms with Crippen molar-refractivity contribution in [2.75, 3.05) is 12.3 Å². The number of anilines is 1. The summed E-state index contributed by atoms with van der Waals surface area (Å²) >= 11 is 0. The van der Waals surface area contributed by atoms with Gasteiger partial charge in [-0.15, -0.1) is 0 Å². The number of nitrogen functional groups attached to an aromatic ring is 1. The predicted molar refractivity (Wildman–Crippen MR) is 147 cm³/mol. The number of hydrogen-bond acceptors (Lipinski definition) is 9. The summed E-state index contributed by atoms with van der Waals surface area (Å²) in [6.07, 6.45) is 7.68. The first kappa shape index (κ1) is 30.1. The molecule has 7 atom stereocenters. The number of benzene rings is 1. The number of ketones is 2. The van der Waals surface area contributed by atoms with Gasteiger partial charge in [0.25, 0.3) is 10.0 Å². The van der Waals surface area contributed by atoms with Crippen LogP contribution >= 0.6 is 0 Å². The molecule has 5 rings (SSSR count). The molecule has 0 bridgehead atoms. The fraction of sp³-hybridized carbons (Fsp3) is 0.552. The molecule has 218 valence electrons. The topological polar surface area (TPSA) is 184 Å².